The Balaban J connectivity index is 1.26. The van der Waals surface area contributed by atoms with Crippen molar-refractivity contribution in [3.8, 4) is 11.5 Å². The van der Waals surface area contributed by atoms with Crippen molar-refractivity contribution < 1.29 is 31.9 Å². The third kappa shape index (κ3) is 4.82. The largest absolute Gasteiger partial charge is 0.486 e. The molecule has 5 rings (SSSR count). The lowest BCUT2D eigenvalue weighted by Gasteiger charge is -2.38. The molecule has 36 heavy (non-hydrogen) atoms. The molecule has 0 saturated carbocycles. The summed E-state index contributed by atoms with van der Waals surface area (Å²) in [5.74, 6) is -0.236. The van der Waals surface area contributed by atoms with E-state index in [0.29, 0.717) is 57.2 Å². The Bertz CT molecular complexity index is 1240. The average molecular weight is 518 g/mol. The van der Waals surface area contributed by atoms with Crippen LogP contribution in [0, 0.1) is 5.82 Å². The lowest BCUT2D eigenvalue weighted by Crippen LogP contribution is -2.56. The molecule has 11 heteroatoms. The fraction of sp³-hybridized carbons (Fsp3) is 0.440. The molecule has 0 radical (unpaired) electrons. The van der Waals surface area contributed by atoms with Gasteiger partial charge >= 0.3 is 0 Å². The SMILES string of the molecule is O=C(c1ccc(F)cc1)N1CCCCC(N2CCN(S(=O)(=O)c3ccc4c(c3)OCCO4)CC2)C1=O. The van der Waals surface area contributed by atoms with Crippen LogP contribution in [0.2, 0.25) is 0 Å². The van der Waals surface area contributed by atoms with Crippen molar-refractivity contribution in [2.24, 2.45) is 0 Å². The zero-order valence-corrected chi connectivity index (χ0v) is 20.6. The van der Waals surface area contributed by atoms with E-state index in [1.54, 1.807) is 6.07 Å². The number of amides is 2. The minimum absolute atomic E-state index is 0.141. The van der Waals surface area contributed by atoms with Gasteiger partial charge < -0.3 is 9.47 Å². The van der Waals surface area contributed by atoms with Gasteiger partial charge in [-0.25, -0.2) is 12.8 Å². The maximum atomic E-state index is 13.4. The van der Waals surface area contributed by atoms with Crippen molar-refractivity contribution in [1.29, 1.82) is 0 Å². The van der Waals surface area contributed by atoms with E-state index in [1.165, 1.54) is 45.6 Å². The van der Waals surface area contributed by atoms with Gasteiger partial charge in [-0.05, 0) is 55.7 Å². The highest BCUT2D eigenvalue weighted by Crippen LogP contribution is 2.33. The van der Waals surface area contributed by atoms with E-state index in [4.69, 9.17) is 9.47 Å². The van der Waals surface area contributed by atoms with Crippen molar-refractivity contribution in [3.05, 3.63) is 53.8 Å². The molecule has 0 aromatic heterocycles. The summed E-state index contributed by atoms with van der Waals surface area (Å²) in [5, 5.41) is 0. The molecule has 3 aliphatic heterocycles. The Kier molecular flexibility index (Phi) is 6.96. The number of hydrogen-bond acceptors (Lipinski definition) is 7. The number of piperazine rings is 1. The normalized spacial score (nSPS) is 21.8. The second-order valence-corrected chi connectivity index (χ2v) is 11.0. The smallest absolute Gasteiger partial charge is 0.260 e. The first-order valence-electron chi connectivity index (χ1n) is 12.1. The number of carbonyl (C=O) groups excluding carboxylic acids is 2. The van der Waals surface area contributed by atoms with Crippen LogP contribution >= 0.6 is 0 Å². The van der Waals surface area contributed by atoms with E-state index >= 15 is 0 Å². The highest BCUT2D eigenvalue weighted by atomic mass is 32.2. The number of carbonyl (C=O) groups is 2. The minimum atomic E-state index is -3.74. The maximum Gasteiger partial charge on any atom is 0.260 e. The number of fused-ring (bicyclic) bond motifs is 1. The van der Waals surface area contributed by atoms with E-state index in [-0.39, 0.29) is 29.5 Å². The first-order valence-corrected chi connectivity index (χ1v) is 13.5. The number of ether oxygens (including phenoxy) is 2. The predicted molar refractivity (Wildman–Crippen MR) is 128 cm³/mol. The van der Waals surface area contributed by atoms with Crippen LogP contribution in [0.1, 0.15) is 29.6 Å². The van der Waals surface area contributed by atoms with E-state index in [9.17, 15) is 22.4 Å². The maximum absolute atomic E-state index is 13.4. The molecular formula is C25H28FN3O6S. The monoisotopic (exact) mass is 517 g/mol. The predicted octanol–water partition coefficient (Wildman–Crippen LogP) is 2.12. The third-order valence-electron chi connectivity index (χ3n) is 6.86. The molecule has 2 aromatic rings. The van der Waals surface area contributed by atoms with Crippen molar-refractivity contribution in [3.63, 3.8) is 0 Å². The van der Waals surface area contributed by atoms with Gasteiger partial charge in [0.15, 0.2) is 11.5 Å². The molecule has 9 nitrogen and oxygen atoms in total. The molecule has 0 spiro atoms. The average Bonchev–Trinajstić information content (AvgIpc) is 3.10. The first kappa shape index (κ1) is 24.7. The molecule has 2 aromatic carbocycles. The quantitative estimate of drug-likeness (QED) is 0.574. The van der Waals surface area contributed by atoms with Crippen LogP contribution in [0.4, 0.5) is 4.39 Å². The first-order chi connectivity index (χ1) is 17.3. The van der Waals surface area contributed by atoms with Gasteiger partial charge in [0.25, 0.3) is 5.91 Å². The van der Waals surface area contributed by atoms with E-state index in [2.05, 4.69) is 0 Å². The second-order valence-electron chi connectivity index (χ2n) is 9.06. The molecule has 1 atom stereocenters. The lowest BCUT2D eigenvalue weighted by atomic mass is 10.1. The standard InChI is InChI=1S/C25H28FN3O6S/c26-19-6-4-18(5-7-19)24(30)29-10-2-1-3-21(25(29)31)27-11-13-28(14-12-27)36(32,33)20-8-9-22-23(17-20)35-16-15-34-22/h4-9,17,21H,1-3,10-16H2. The van der Waals surface area contributed by atoms with Crippen LogP contribution < -0.4 is 9.47 Å². The Morgan fingerprint density at radius 1 is 0.889 bits per heavy atom. The van der Waals surface area contributed by atoms with Crippen LogP contribution in [0.15, 0.2) is 47.4 Å². The van der Waals surface area contributed by atoms with E-state index in [0.717, 1.165) is 6.42 Å². The zero-order valence-electron chi connectivity index (χ0n) is 19.8. The van der Waals surface area contributed by atoms with Gasteiger partial charge in [-0.3, -0.25) is 19.4 Å². The zero-order chi connectivity index (χ0) is 25.3. The van der Waals surface area contributed by atoms with Crippen LogP contribution in [-0.4, -0.2) is 86.3 Å². The minimum Gasteiger partial charge on any atom is -0.486 e. The summed E-state index contributed by atoms with van der Waals surface area (Å²) >= 11 is 0. The number of sulfonamides is 1. The number of likely N-dealkylation sites (tertiary alicyclic amines) is 1. The van der Waals surface area contributed by atoms with Gasteiger partial charge in [0.1, 0.15) is 19.0 Å². The fourth-order valence-corrected chi connectivity index (χ4v) is 6.34. The molecule has 0 N–H and O–H groups in total. The van der Waals surface area contributed by atoms with Crippen LogP contribution in [0.25, 0.3) is 0 Å². The molecule has 0 bridgehead atoms. The number of nitrogens with zero attached hydrogens (tertiary/aromatic N) is 3. The van der Waals surface area contributed by atoms with E-state index < -0.39 is 27.8 Å². The topological polar surface area (TPSA) is 96.5 Å². The molecular weight excluding hydrogens is 489 g/mol. The Morgan fingerprint density at radius 2 is 1.58 bits per heavy atom. The van der Waals surface area contributed by atoms with Gasteiger partial charge in [0.2, 0.25) is 15.9 Å². The van der Waals surface area contributed by atoms with Crippen molar-refractivity contribution in [1.82, 2.24) is 14.1 Å². The molecule has 3 heterocycles. The van der Waals surface area contributed by atoms with Crippen molar-refractivity contribution in [2.75, 3.05) is 45.9 Å². The van der Waals surface area contributed by atoms with Gasteiger partial charge in [-0.1, -0.05) is 0 Å². The van der Waals surface area contributed by atoms with Crippen molar-refractivity contribution in [2.45, 2.75) is 30.2 Å². The summed E-state index contributed by atoms with van der Waals surface area (Å²) in [5.41, 5.74) is 0.265. The summed E-state index contributed by atoms with van der Waals surface area (Å²) in [6.07, 6.45) is 2.06. The third-order valence-corrected chi connectivity index (χ3v) is 8.76. The molecule has 2 amide bonds. The number of imide groups is 1. The molecule has 2 fully saturated rings. The molecule has 2 saturated heterocycles. The second kappa shape index (κ2) is 10.2. The highest BCUT2D eigenvalue weighted by molar-refractivity contribution is 7.89. The summed E-state index contributed by atoms with van der Waals surface area (Å²) in [6, 6.07) is 9.28. The lowest BCUT2D eigenvalue weighted by molar-refractivity contribution is -0.134. The van der Waals surface area contributed by atoms with Gasteiger partial charge in [-0.15, -0.1) is 0 Å². The van der Waals surface area contributed by atoms with Crippen LogP contribution in [0.3, 0.4) is 0 Å². The Labute approximate surface area is 209 Å². The number of halogens is 1. The summed E-state index contributed by atoms with van der Waals surface area (Å²) in [4.78, 5) is 29.8. The molecule has 192 valence electrons. The van der Waals surface area contributed by atoms with Crippen LogP contribution in [0.5, 0.6) is 11.5 Å². The highest BCUT2D eigenvalue weighted by Gasteiger charge is 2.38. The Hall–Kier alpha value is -3.02. The fourth-order valence-electron chi connectivity index (χ4n) is 4.90. The van der Waals surface area contributed by atoms with E-state index in [1.807, 2.05) is 4.90 Å². The summed E-state index contributed by atoms with van der Waals surface area (Å²) < 4.78 is 52.2. The number of hydrogen-bond donors (Lipinski definition) is 0. The molecule has 3 aliphatic rings. The number of benzene rings is 2. The van der Waals surface area contributed by atoms with Gasteiger partial charge in [0, 0.05) is 44.4 Å². The van der Waals surface area contributed by atoms with Gasteiger partial charge in [-0.2, -0.15) is 4.31 Å². The van der Waals surface area contributed by atoms with Gasteiger partial charge in [0.05, 0.1) is 10.9 Å². The molecule has 0 aliphatic carbocycles. The van der Waals surface area contributed by atoms with Crippen molar-refractivity contribution >= 4 is 21.8 Å². The Morgan fingerprint density at radius 3 is 2.31 bits per heavy atom. The number of rotatable bonds is 4. The van der Waals surface area contributed by atoms with Crippen LogP contribution in [-0.2, 0) is 14.8 Å². The summed E-state index contributed by atoms with van der Waals surface area (Å²) in [6.45, 7) is 2.31. The summed E-state index contributed by atoms with van der Waals surface area (Å²) in [7, 11) is -3.74. The molecule has 1 unspecified atom stereocenters.